The molecule has 2 rings (SSSR count). The molecule has 0 radical (unpaired) electrons. The molecule has 0 aliphatic carbocycles. The third kappa shape index (κ3) is 3.73. The molecule has 1 aliphatic heterocycles. The number of carbonyl (C=O) groups is 2. The van der Waals surface area contributed by atoms with Gasteiger partial charge in [0.05, 0.1) is 0 Å². The Bertz CT molecular complexity index is 453. The minimum Gasteiger partial charge on any atom is -0.479 e. The number of carboxylic acid groups (broad SMARTS) is 1. The molecule has 1 saturated heterocycles. The number of amides is 2. The van der Waals surface area contributed by atoms with E-state index in [2.05, 4.69) is 5.32 Å². The number of benzene rings is 1. The predicted molar refractivity (Wildman–Crippen MR) is 75.4 cm³/mol. The second-order valence-corrected chi connectivity index (χ2v) is 5.03. The van der Waals surface area contributed by atoms with Gasteiger partial charge in [0.25, 0.3) is 0 Å². The first-order chi connectivity index (χ1) is 9.68. The van der Waals surface area contributed by atoms with Crippen molar-refractivity contribution in [1.29, 1.82) is 0 Å². The van der Waals surface area contributed by atoms with Gasteiger partial charge in [0, 0.05) is 13.1 Å². The maximum absolute atomic E-state index is 12.2. The van der Waals surface area contributed by atoms with Crippen LogP contribution in [0.2, 0.25) is 0 Å². The molecule has 1 fully saturated rings. The first-order valence-corrected chi connectivity index (χ1v) is 7.01. The number of nitrogens with one attached hydrogen (secondary N) is 1. The van der Waals surface area contributed by atoms with Crippen molar-refractivity contribution < 1.29 is 14.7 Å². The number of aliphatic carboxylic acids is 1. The molecule has 108 valence electrons. The van der Waals surface area contributed by atoms with Crippen LogP contribution in [0, 0.1) is 0 Å². The predicted octanol–water partition coefficient (Wildman–Crippen LogP) is 2.40. The van der Waals surface area contributed by atoms with E-state index in [4.69, 9.17) is 0 Å². The molecule has 2 N–H and O–H groups in total. The van der Waals surface area contributed by atoms with Crippen molar-refractivity contribution in [2.24, 2.45) is 0 Å². The lowest BCUT2D eigenvalue weighted by Crippen LogP contribution is -2.44. The van der Waals surface area contributed by atoms with Gasteiger partial charge in [-0.3, -0.25) is 0 Å². The van der Waals surface area contributed by atoms with Gasteiger partial charge in [-0.05, 0) is 18.4 Å². The van der Waals surface area contributed by atoms with Crippen molar-refractivity contribution in [2.75, 3.05) is 13.1 Å². The third-order valence-electron chi connectivity index (χ3n) is 3.54. The van der Waals surface area contributed by atoms with E-state index >= 15 is 0 Å². The van der Waals surface area contributed by atoms with Gasteiger partial charge >= 0.3 is 12.0 Å². The van der Waals surface area contributed by atoms with E-state index in [1.807, 2.05) is 6.07 Å². The minimum absolute atomic E-state index is 0.289. The molecule has 0 aromatic heterocycles. The van der Waals surface area contributed by atoms with E-state index < -0.39 is 12.0 Å². The van der Waals surface area contributed by atoms with Crippen molar-refractivity contribution in [3.05, 3.63) is 35.9 Å². The van der Waals surface area contributed by atoms with E-state index in [1.54, 1.807) is 29.2 Å². The van der Waals surface area contributed by atoms with Gasteiger partial charge < -0.3 is 15.3 Å². The molecular formula is C15H20N2O3. The number of rotatable bonds is 3. The molecule has 2 amide bonds. The van der Waals surface area contributed by atoms with E-state index in [-0.39, 0.29) is 6.03 Å². The van der Waals surface area contributed by atoms with Crippen LogP contribution >= 0.6 is 0 Å². The van der Waals surface area contributed by atoms with Gasteiger partial charge in [-0.1, -0.05) is 43.2 Å². The molecular weight excluding hydrogens is 256 g/mol. The van der Waals surface area contributed by atoms with E-state index in [1.165, 1.54) is 0 Å². The highest BCUT2D eigenvalue weighted by atomic mass is 16.4. The summed E-state index contributed by atoms with van der Waals surface area (Å²) >= 11 is 0. The van der Waals surface area contributed by atoms with Crippen molar-refractivity contribution >= 4 is 12.0 Å². The summed E-state index contributed by atoms with van der Waals surface area (Å²) in [6.45, 7) is 1.40. The van der Waals surface area contributed by atoms with E-state index in [9.17, 15) is 14.7 Å². The molecule has 1 atom stereocenters. The van der Waals surface area contributed by atoms with Gasteiger partial charge in [0.1, 0.15) is 0 Å². The average Bonchev–Trinajstić information content (AvgIpc) is 2.74. The minimum atomic E-state index is -1.04. The topological polar surface area (TPSA) is 69.6 Å². The zero-order chi connectivity index (χ0) is 14.4. The summed E-state index contributed by atoms with van der Waals surface area (Å²) in [6.07, 6.45) is 4.22. The van der Waals surface area contributed by atoms with Crippen LogP contribution in [-0.2, 0) is 4.79 Å². The first kappa shape index (κ1) is 14.4. The van der Waals surface area contributed by atoms with Gasteiger partial charge in [0.2, 0.25) is 0 Å². The van der Waals surface area contributed by atoms with Crippen LogP contribution in [0.3, 0.4) is 0 Å². The normalized spacial score (nSPS) is 17.1. The Morgan fingerprint density at radius 1 is 1.05 bits per heavy atom. The zero-order valence-electron chi connectivity index (χ0n) is 11.4. The maximum Gasteiger partial charge on any atom is 0.330 e. The standard InChI is InChI=1S/C15H20N2O3/c18-14(19)13(12-8-4-3-5-9-12)16-15(20)17-10-6-1-2-7-11-17/h3-5,8-9,13H,1-2,6-7,10-11H2,(H,16,20)(H,18,19). The summed E-state index contributed by atoms with van der Waals surface area (Å²) in [7, 11) is 0. The van der Waals surface area contributed by atoms with E-state index in [0.29, 0.717) is 18.7 Å². The third-order valence-corrected chi connectivity index (χ3v) is 3.54. The Morgan fingerprint density at radius 2 is 1.65 bits per heavy atom. The molecule has 0 bridgehead atoms. The second kappa shape index (κ2) is 6.93. The number of carbonyl (C=O) groups excluding carboxylic acids is 1. The van der Waals surface area contributed by atoms with Crippen LogP contribution in [-0.4, -0.2) is 35.1 Å². The van der Waals surface area contributed by atoms with Gasteiger partial charge in [-0.15, -0.1) is 0 Å². The molecule has 1 heterocycles. The van der Waals surface area contributed by atoms with Crippen LogP contribution in [0.1, 0.15) is 37.3 Å². The highest BCUT2D eigenvalue weighted by molar-refractivity contribution is 5.83. The molecule has 1 aromatic carbocycles. The smallest absolute Gasteiger partial charge is 0.330 e. The lowest BCUT2D eigenvalue weighted by Gasteiger charge is -2.23. The van der Waals surface area contributed by atoms with Crippen LogP contribution < -0.4 is 5.32 Å². The first-order valence-electron chi connectivity index (χ1n) is 7.01. The van der Waals surface area contributed by atoms with Crippen molar-refractivity contribution in [3.8, 4) is 0 Å². The van der Waals surface area contributed by atoms with Gasteiger partial charge in [-0.2, -0.15) is 0 Å². The summed E-state index contributed by atoms with van der Waals surface area (Å²) in [4.78, 5) is 25.3. The largest absolute Gasteiger partial charge is 0.479 e. The van der Waals surface area contributed by atoms with Crippen molar-refractivity contribution in [3.63, 3.8) is 0 Å². The Morgan fingerprint density at radius 3 is 2.20 bits per heavy atom. The Balaban J connectivity index is 2.04. The summed E-state index contributed by atoms with van der Waals surface area (Å²) in [5.41, 5.74) is 0.586. The Labute approximate surface area is 118 Å². The lowest BCUT2D eigenvalue weighted by atomic mass is 10.1. The molecule has 1 unspecified atom stereocenters. The average molecular weight is 276 g/mol. The zero-order valence-corrected chi connectivity index (χ0v) is 11.4. The SMILES string of the molecule is O=C(O)C(NC(=O)N1CCCCCC1)c1ccccc1. The maximum atomic E-state index is 12.2. The molecule has 5 nitrogen and oxygen atoms in total. The number of urea groups is 1. The molecule has 1 aliphatic rings. The Kier molecular flexibility index (Phi) is 4.98. The van der Waals surface area contributed by atoms with Crippen LogP contribution in [0.15, 0.2) is 30.3 Å². The molecule has 0 saturated carbocycles. The fourth-order valence-electron chi connectivity index (χ4n) is 2.42. The molecule has 1 aromatic rings. The number of hydrogen-bond acceptors (Lipinski definition) is 2. The fraction of sp³-hybridized carbons (Fsp3) is 0.467. The van der Waals surface area contributed by atoms with Crippen LogP contribution in [0.4, 0.5) is 4.79 Å². The summed E-state index contributed by atoms with van der Waals surface area (Å²) < 4.78 is 0. The quantitative estimate of drug-likeness (QED) is 0.890. The summed E-state index contributed by atoms with van der Waals surface area (Å²) in [6, 6.07) is 7.49. The lowest BCUT2D eigenvalue weighted by molar-refractivity contribution is -0.139. The number of likely N-dealkylation sites (tertiary alicyclic amines) is 1. The molecule has 20 heavy (non-hydrogen) atoms. The Hall–Kier alpha value is -2.04. The fourth-order valence-corrected chi connectivity index (χ4v) is 2.42. The van der Waals surface area contributed by atoms with E-state index in [0.717, 1.165) is 25.7 Å². The van der Waals surface area contributed by atoms with Gasteiger partial charge in [0.15, 0.2) is 6.04 Å². The summed E-state index contributed by atoms with van der Waals surface area (Å²) in [5.74, 6) is -1.04. The number of hydrogen-bond donors (Lipinski definition) is 2. The van der Waals surface area contributed by atoms with Gasteiger partial charge in [-0.25, -0.2) is 9.59 Å². The molecule has 5 heteroatoms. The van der Waals surface area contributed by atoms with Crippen LogP contribution in [0.5, 0.6) is 0 Å². The highest BCUT2D eigenvalue weighted by Gasteiger charge is 2.24. The summed E-state index contributed by atoms with van der Waals surface area (Å²) in [5, 5.41) is 11.9. The molecule has 0 spiro atoms. The monoisotopic (exact) mass is 276 g/mol. The van der Waals surface area contributed by atoms with Crippen LogP contribution in [0.25, 0.3) is 0 Å². The number of nitrogens with zero attached hydrogens (tertiary/aromatic N) is 1. The van der Waals surface area contributed by atoms with Crippen molar-refractivity contribution in [1.82, 2.24) is 10.2 Å². The van der Waals surface area contributed by atoms with Crippen molar-refractivity contribution in [2.45, 2.75) is 31.7 Å². The number of carboxylic acids is 1. The highest BCUT2D eigenvalue weighted by Crippen LogP contribution is 2.15. The second-order valence-electron chi connectivity index (χ2n) is 5.03.